The van der Waals surface area contributed by atoms with E-state index in [1.165, 1.54) is 18.9 Å². The number of unbranched alkanes of at least 4 members (excludes halogenated alkanes) is 1. The fraction of sp³-hybridized carbons (Fsp3) is 1.00. The Bertz CT molecular complexity index is 85.7. The van der Waals surface area contributed by atoms with Crippen molar-refractivity contribution in [3.05, 3.63) is 0 Å². The maximum Gasteiger partial charge on any atom is 0.223 e. The molecule has 10 heavy (non-hydrogen) atoms. The summed E-state index contributed by atoms with van der Waals surface area (Å²) >= 11 is 6.24. The second-order valence-electron chi connectivity index (χ2n) is 2.83. The highest BCUT2D eigenvalue weighted by Gasteiger charge is 2.21. The zero-order valence-corrected chi connectivity index (χ0v) is 8.96. The van der Waals surface area contributed by atoms with E-state index >= 15 is 0 Å². The lowest BCUT2D eigenvalue weighted by molar-refractivity contribution is 0.849. The van der Waals surface area contributed by atoms with Crippen molar-refractivity contribution in [1.82, 2.24) is 4.98 Å². The molecule has 0 rings (SSSR count). The Kier molecular flexibility index (Phi) is 5.40. The number of halogens is 1. The molecular formula is C7H18ClNSi. The van der Waals surface area contributed by atoms with Crippen molar-refractivity contribution in [3.8, 4) is 0 Å². The first-order valence-corrected chi connectivity index (χ1v) is 7.78. The second-order valence-corrected chi connectivity index (χ2v) is 8.58. The molecule has 3 heteroatoms. The highest BCUT2D eigenvalue weighted by molar-refractivity contribution is 7.18. The topological polar surface area (TPSA) is 12.0 Å². The van der Waals surface area contributed by atoms with Crippen molar-refractivity contribution in [1.29, 1.82) is 0 Å². The summed E-state index contributed by atoms with van der Waals surface area (Å²) in [6.07, 6.45) is 2.51. The lowest BCUT2D eigenvalue weighted by atomic mass is 10.4. The molecule has 0 spiro atoms. The van der Waals surface area contributed by atoms with Crippen LogP contribution in [-0.4, -0.2) is 14.1 Å². The van der Waals surface area contributed by atoms with Gasteiger partial charge in [0.05, 0.1) is 0 Å². The van der Waals surface area contributed by atoms with Crippen molar-refractivity contribution in [2.75, 3.05) is 6.54 Å². The third kappa shape index (κ3) is 5.27. The molecule has 0 aromatic heterocycles. The SMILES string of the molecule is CCCC[Si](C)(Cl)NCC. The molecule has 1 N–H and O–H groups in total. The highest BCUT2D eigenvalue weighted by Crippen LogP contribution is 2.14. The Hall–Kier alpha value is 0.467. The van der Waals surface area contributed by atoms with Crippen LogP contribution in [0.5, 0.6) is 0 Å². The van der Waals surface area contributed by atoms with E-state index in [-0.39, 0.29) is 0 Å². The van der Waals surface area contributed by atoms with Gasteiger partial charge in [-0.05, 0) is 19.1 Å². The molecule has 1 atom stereocenters. The van der Waals surface area contributed by atoms with Gasteiger partial charge in [0.15, 0.2) is 0 Å². The Morgan fingerprint density at radius 1 is 1.40 bits per heavy atom. The van der Waals surface area contributed by atoms with Gasteiger partial charge in [-0.15, -0.1) is 11.1 Å². The van der Waals surface area contributed by atoms with Gasteiger partial charge in [0.1, 0.15) is 0 Å². The van der Waals surface area contributed by atoms with Crippen LogP contribution in [0.3, 0.4) is 0 Å². The Morgan fingerprint density at radius 2 is 2.00 bits per heavy atom. The Labute approximate surface area is 69.9 Å². The largest absolute Gasteiger partial charge is 0.326 e. The first-order chi connectivity index (χ1) is 4.62. The molecule has 0 heterocycles. The molecular weight excluding hydrogens is 162 g/mol. The molecule has 0 saturated carbocycles. The van der Waals surface area contributed by atoms with E-state index in [4.69, 9.17) is 11.1 Å². The standard InChI is InChI=1S/C7H18ClNSi/c1-4-6-7-10(3,8)9-5-2/h9H,4-7H2,1-3H3. The summed E-state index contributed by atoms with van der Waals surface area (Å²) in [4.78, 5) is 3.36. The van der Waals surface area contributed by atoms with Crippen LogP contribution < -0.4 is 4.98 Å². The minimum absolute atomic E-state index is 1.01. The minimum Gasteiger partial charge on any atom is -0.326 e. The monoisotopic (exact) mass is 179 g/mol. The van der Waals surface area contributed by atoms with E-state index < -0.39 is 7.55 Å². The molecule has 0 bridgehead atoms. The van der Waals surface area contributed by atoms with Gasteiger partial charge in [-0.1, -0.05) is 26.7 Å². The van der Waals surface area contributed by atoms with Gasteiger partial charge in [-0.3, -0.25) is 0 Å². The smallest absolute Gasteiger partial charge is 0.223 e. The number of hydrogen-bond donors (Lipinski definition) is 1. The van der Waals surface area contributed by atoms with Crippen molar-refractivity contribution in [2.24, 2.45) is 0 Å². The van der Waals surface area contributed by atoms with Gasteiger partial charge >= 0.3 is 0 Å². The summed E-state index contributed by atoms with van der Waals surface area (Å²) < 4.78 is 0. The van der Waals surface area contributed by atoms with Crippen LogP contribution in [0.2, 0.25) is 12.6 Å². The summed E-state index contributed by atoms with van der Waals surface area (Å²) in [5.74, 6) is 0. The van der Waals surface area contributed by atoms with Crippen molar-refractivity contribution >= 4 is 18.6 Å². The Balaban J connectivity index is 3.42. The van der Waals surface area contributed by atoms with Crippen molar-refractivity contribution in [3.63, 3.8) is 0 Å². The van der Waals surface area contributed by atoms with Crippen LogP contribution in [0.4, 0.5) is 0 Å². The molecule has 0 aromatic rings. The fourth-order valence-corrected chi connectivity index (χ4v) is 3.70. The lowest BCUT2D eigenvalue weighted by Gasteiger charge is -2.18. The maximum absolute atomic E-state index is 6.24. The predicted octanol–water partition coefficient (Wildman–Crippen LogP) is 2.71. The molecule has 0 radical (unpaired) electrons. The molecule has 0 aromatic carbocycles. The van der Waals surface area contributed by atoms with Crippen molar-refractivity contribution in [2.45, 2.75) is 39.3 Å². The number of nitrogens with one attached hydrogen (secondary N) is 1. The van der Waals surface area contributed by atoms with Crippen LogP contribution in [0.25, 0.3) is 0 Å². The van der Waals surface area contributed by atoms with E-state index in [9.17, 15) is 0 Å². The molecule has 62 valence electrons. The van der Waals surface area contributed by atoms with E-state index in [1.807, 2.05) is 0 Å². The minimum atomic E-state index is -1.50. The second kappa shape index (κ2) is 5.16. The zero-order chi connectivity index (χ0) is 8.04. The van der Waals surface area contributed by atoms with E-state index in [2.05, 4.69) is 25.4 Å². The fourth-order valence-electron chi connectivity index (χ4n) is 0.966. The van der Waals surface area contributed by atoms with Gasteiger partial charge in [-0.25, -0.2) is 0 Å². The van der Waals surface area contributed by atoms with Gasteiger partial charge < -0.3 is 4.98 Å². The number of hydrogen-bond acceptors (Lipinski definition) is 1. The average molecular weight is 180 g/mol. The van der Waals surface area contributed by atoms with Gasteiger partial charge in [0, 0.05) is 0 Å². The third-order valence-electron chi connectivity index (χ3n) is 1.55. The van der Waals surface area contributed by atoms with Crippen molar-refractivity contribution < 1.29 is 0 Å². The number of rotatable bonds is 5. The zero-order valence-electron chi connectivity index (χ0n) is 7.21. The molecule has 1 nitrogen and oxygen atoms in total. The predicted molar refractivity (Wildman–Crippen MR) is 50.9 cm³/mol. The summed E-state index contributed by atoms with van der Waals surface area (Å²) in [5, 5.41) is 0. The average Bonchev–Trinajstić information content (AvgIpc) is 1.84. The molecule has 0 aliphatic carbocycles. The summed E-state index contributed by atoms with van der Waals surface area (Å²) in [6.45, 7) is 7.50. The maximum atomic E-state index is 6.24. The molecule has 0 amide bonds. The van der Waals surface area contributed by atoms with Crippen LogP contribution in [0.15, 0.2) is 0 Å². The van der Waals surface area contributed by atoms with E-state index in [0.717, 1.165) is 6.54 Å². The van der Waals surface area contributed by atoms with Crippen LogP contribution >= 0.6 is 11.1 Å². The molecule has 0 aliphatic heterocycles. The van der Waals surface area contributed by atoms with Crippen LogP contribution in [0, 0.1) is 0 Å². The third-order valence-corrected chi connectivity index (χ3v) is 4.90. The summed E-state index contributed by atoms with van der Waals surface area (Å²) in [6, 6.07) is 1.19. The summed E-state index contributed by atoms with van der Waals surface area (Å²) in [7, 11) is -1.50. The van der Waals surface area contributed by atoms with Gasteiger partial charge in [0.25, 0.3) is 0 Å². The quantitative estimate of drug-likeness (QED) is 0.506. The van der Waals surface area contributed by atoms with E-state index in [1.54, 1.807) is 0 Å². The van der Waals surface area contributed by atoms with Gasteiger partial charge in [-0.2, -0.15) is 0 Å². The molecule has 0 aliphatic rings. The molecule has 0 fully saturated rings. The van der Waals surface area contributed by atoms with Crippen LogP contribution in [0.1, 0.15) is 26.7 Å². The molecule has 1 unspecified atom stereocenters. The Morgan fingerprint density at radius 3 is 2.40 bits per heavy atom. The van der Waals surface area contributed by atoms with Gasteiger partial charge in [0.2, 0.25) is 7.55 Å². The normalized spacial score (nSPS) is 16.8. The molecule has 0 saturated heterocycles. The highest BCUT2D eigenvalue weighted by atomic mass is 35.6. The van der Waals surface area contributed by atoms with E-state index in [0.29, 0.717) is 0 Å². The van der Waals surface area contributed by atoms with Crippen LogP contribution in [-0.2, 0) is 0 Å². The first kappa shape index (κ1) is 10.5. The summed E-state index contributed by atoms with van der Waals surface area (Å²) in [5.41, 5.74) is 0. The lowest BCUT2D eigenvalue weighted by Crippen LogP contribution is -2.41. The first-order valence-electron chi connectivity index (χ1n) is 4.06.